The smallest absolute Gasteiger partial charge is 0.262 e. The van der Waals surface area contributed by atoms with Gasteiger partial charge in [0.25, 0.3) is 5.91 Å². The number of fused-ring (bicyclic) bond motifs is 1. The molecular weight excluding hydrogens is 380 g/mol. The lowest BCUT2D eigenvalue weighted by Gasteiger charge is -2.38. The van der Waals surface area contributed by atoms with E-state index in [0.29, 0.717) is 28.3 Å². The van der Waals surface area contributed by atoms with E-state index in [1.54, 1.807) is 29.2 Å². The van der Waals surface area contributed by atoms with Gasteiger partial charge in [-0.3, -0.25) is 9.69 Å². The standard InChI is InChI=1S/C21H17ClN2O4/c1-28-18-9-5-4-8-16(18)24-20(12-10-14(22)19(26)17(25)11-12)23-15-7-3-2-6-13(15)21(24)27/h2-11,20,23,25-26H,1H3/t20-/m0/s1. The third-order valence-corrected chi connectivity index (χ3v) is 4.94. The third kappa shape index (κ3) is 2.88. The highest BCUT2D eigenvalue weighted by molar-refractivity contribution is 6.32. The van der Waals surface area contributed by atoms with Crippen molar-refractivity contribution in [2.75, 3.05) is 17.3 Å². The number of phenols is 2. The van der Waals surface area contributed by atoms with Crippen LogP contribution in [0.25, 0.3) is 0 Å². The molecular formula is C21H17ClN2O4. The van der Waals surface area contributed by atoms with Crippen LogP contribution in [0.1, 0.15) is 22.1 Å². The van der Waals surface area contributed by atoms with E-state index in [4.69, 9.17) is 16.3 Å². The zero-order valence-electron chi connectivity index (χ0n) is 14.9. The molecule has 3 aromatic carbocycles. The van der Waals surface area contributed by atoms with Gasteiger partial charge in [-0.2, -0.15) is 0 Å². The molecule has 0 radical (unpaired) electrons. The van der Waals surface area contributed by atoms with Crippen molar-refractivity contribution in [1.29, 1.82) is 0 Å². The number of halogens is 1. The first kappa shape index (κ1) is 18.0. The van der Waals surface area contributed by atoms with Crippen molar-refractivity contribution in [1.82, 2.24) is 0 Å². The Morgan fingerprint density at radius 3 is 2.54 bits per heavy atom. The Balaban J connectivity index is 1.93. The van der Waals surface area contributed by atoms with E-state index >= 15 is 0 Å². The summed E-state index contributed by atoms with van der Waals surface area (Å²) in [7, 11) is 1.53. The SMILES string of the molecule is COc1ccccc1N1C(=O)c2ccccc2N[C@@H]1c1cc(O)c(O)c(Cl)c1. The quantitative estimate of drug-likeness (QED) is 0.566. The van der Waals surface area contributed by atoms with Crippen LogP contribution in [-0.4, -0.2) is 23.2 Å². The second-order valence-electron chi connectivity index (χ2n) is 6.31. The number of aromatic hydroxyl groups is 2. The Labute approximate surface area is 166 Å². The minimum absolute atomic E-state index is 0.0110. The second kappa shape index (κ2) is 6.98. The number of anilines is 2. The molecule has 28 heavy (non-hydrogen) atoms. The molecule has 0 fully saturated rings. The number of phenolic OH excluding ortho intramolecular Hbond substituents is 2. The number of rotatable bonds is 3. The van der Waals surface area contributed by atoms with Crippen molar-refractivity contribution in [2.24, 2.45) is 0 Å². The van der Waals surface area contributed by atoms with Gasteiger partial charge in [-0.05, 0) is 36.4 Å². The maximum atomic E-state index is 13.4. The lowest BCUT2D eigenvalue weighted by atomic mass is 10.0. The first-order valence-electron chi connectivity index (χ1n) is 8.54. The van der Waals surface area contributed by atoms with Gasteiger partial charge in [-0.25, -0.2) is 0 Å². The number of methoxy groups -OCH3 is 1. The average Bonchev–Trinajstić information content (AvgIpc) is 2.71. The number of carbonyl (C=O) groups is 1. The molecule has 0 saturated heterocycles. The van der Waals surface area contributed by atoms with Crippen LogP contribution in [0.4, 0.5) is 11.4 Å². The van der Waals surface area contributed by atoms with E-state index in [0.717, 1.165) is 0 Å². The average molecular weight is 397 g/mol. The van der Waals surface area contributed by atoms with E-state index in [-0.39, 0.29) is 16.7 Å². The van der Waals surface area contributed by atoms with Gasteiger partial charge in [0.2, 0.25) is 0 Å². The van der Waals surface area contributed by atoms with Crippen LogP contribution in [0, 0.1) is 0 Å². The Morgan fingerprint density at radius 2 is 1.79 bits per heavy atom. The Hall–Kier alpha value is -3.38. The summed E-state index contributed by atoms with van der Waals surface area (Å²) in [6, 6.07) is 17.2. The van der Waals surface area contributed by atoms with Gasteiger partial charge in [0.05, 0.1) is 23.4 Å². The monoisotopic (exact) mass is 396 g/mol. The highest BCUT2D eigenvalue weighted by Gasteiger charge is 2.36. The van der Waals surface area contributed by atoms with Gasteiger partial charge in [-0.15, -0.1) is 0 Å². The summed E-state index contributed by atoms with van der Waals surface area (Å²) in [5.41, 5.74) is 2.24. The van der Waals surface area contributed by atoms with E-state index in [1.165, 1.54) is 19.2 Å². The highest BCUT2D eigenvalue weighted by atomic mass is 35.5. The van der Waals surface area contributed by atoms with E-state index < -0.39 is 11.9 Å². The van der Waals surface area contributed by atoms with Crippen LogP contribution < -0.4 is 15.0 Å². The molecule has 0 spiro atoms. The van der Waals surface area contributed by atoms with Crippen molar-refractivity contribution < 1.29 is 19.7 Å². The first-order chi connectivity index (χ1) is 13.5. The molecule has 1 atom stereocenters. The maximum absolute atomic E-state index is 13.4. The minimum Gasteiger partial charge on any atom is -0.504 e. The van der Waals surface area contributed by atoms with Crippen molar-refractivity contribution in [2.45, 2.75) is 6.17 Å². The number of para-hydroxylation sites is 3. The van der Waals surface area contributed by atoms with Crippen molar-refractivity contribution in [3.63, 3.8) is 0 Å². The largest absolute Gasteiger partial charge is 0.504 e. The van der Waals surface area contributed by atoms with E-state index in [1.807, 2.05) is 24.3 Å². The Kier molecular flexibility index (Phi) is 4.49. The number of nitrogens with zero attached hydrogens (tertiary/aromatic N) is 1. The van der Waals surface area contributed by atoms with Crippen molar-refractivity contribution in [3.05, 3.63) is 76.8 Å². The number of benzene rings is 3. The summed E-state index contributed by atoms with van der Waals surface area (Å²) in [5, 5.41) is 23.1. The lowest BCUT2D eigenvalue weighted by molar-refractivity contribution is 0.0974. The van der Waals surface area contributed by atoms with E-state index in [9.17, 15) is 15.0 Å². The van der Waals surface area contributed by atoms with Crippen LogP contribution in [0.2, 0.25) is 5.02 Å². The summed E-state index contributed by atoms with van der Waals surface area (Å²) in [5.74, 6) is -0.476. The number of hydrogen-bond acceptors (Lipinski definition) is 5. The molecule has 1 aliphatic rings. The summed E-state index contributed by atoms with van der Waals surface area (Å²) in [6.07, 6.45) is -0.678. The van der Waals surface area contributed by atoms with Gasteiger partial charge in [0, 0.05) is 11.3 Å². The number of ether oxygens (including phenoxy) is 1. The molecule has 0 aliphatic carbocycles. The minimum atomic E-state index is -0.678. The molecule has 1 aliphatic heterocycles. The van der Waals surface area contributed by atoms with Crippen LogP contribution in [-0.2, 0) is 0 Å². The summed E-state index contributed by atoms with van der Waals surface area (Å²) in [6.45, 7) is 0. The van der Waals surface area contributed by atoms with Crippen molar-refractivity contribution in [3.8, 4) is 17.2 Å². The van der Waals surface area contributed by atoms with Crippen molar-refractivity contribution >= 4 is 28.9 Å². The molecule has 4 rings (SSSR count). The molecule has 0 bridgehead atoms. The Bertz CT molecular complexity index is 1050. The number of amides is 1. The molecule has 6 nitrogen and oxygen atoms in total. The topological polar surface area (TPSA) is 82.0 Å². The van der Waals surface area contributed by atoms with Gasteiger partial charge in [0.1, 0.15) is 11.9 Å². The molecule has 3 aromatic rings. The summed E-state index contributed by atoms with van der Waals surface area (Å²) < 4.78 is 5.45. The summed E-state index contributed by atoms with van der Waals surface area (Å²) >= 11 is 6.06. The predicted octanol–water partition coefficient (Wildman–Crippen LogP) is 4.53. The van der Waals surface area contributed by atoms with Crippen LogP contribution in [0.15, 0.2) is 60.7 Å². The van der Waals surface area contributed by atoms with Crippen LogP contribution in [0.3, 0.4) is 0 Å². The molecule has 7 heteroatoms. The lowest BCUT2D eigenvalue weighted by Crippen LogP contribution is -2.43. The number of hydrogen-bond donors (Lipinski definition) is 3. The first-order valence-corrected chi connectivity index (χ1v) is 8.92. The molecule has 1 heterocycles. The van der Waals surface area contributed by atoms with Gasteiger partial charge < -0.3 is 20.3 Å². The molecule has 0 saturated carbocycles. The van der Waals surface area contributed by atoms with Gasteiger partial charge in [0.15, 0.2) is 11.5 Å². The zero-order chi connectivity index (χ0) is 19.8. The number of nitrogens with one attached hydrogen (secondary N) is 1. The fourth-order valence-electron chi connectivity index (χ4n) is 3.33. The number of carbonyl (C=O) groups excluding carboxylic acids is 1. The normalized spacial score (nSPS) is 15.7. The summed E-state index contributed by atoms with van der Waals surface area (Å²) in [4.78, 5) is 14.9. The molecule has 0 unspecified atom stereocenters. The fraction of sp³-hybridized carbons (Fsp3) is 0.0952. The maximum Gasteiger partial charge on any atom is 0.262 e. The molecule has 3 N–H and O–H groups in total. The van der Waals surface area contributed by atoms with Gasteiger partial charge in [-0.1, -0.05) is 35.9 Å². The molecule has 1 amide bonds. The molecule has 142 valence electrons. The van der Waals surface area contributed by atoms with Crippen LogP contribution >= 0.6 is 11.6 Å². The van der Waals surface area contributed by atoms with Crippen LogP contribution in [0.5, 0.6) is 17.2 Å². The highest BCUT2D eigenvalue weighted by Crippen LogP contribution is 2.43. The molecule has 0 aromatic heterocycles. The third-order valence-electron chi connectivity index (χ3n) is 4.65. The fourth-order valence-corrected chi connectivity index (χ4v) is 3.55. The second-order valence-corrected chi connectivity index (χ2v) is 6.72. The Morgan fingerprint density at radius 1 is 1.07 bits per heavy atom. The zero-order valence-corrected chi connectivity index (χ0v) is 15.6. The van der Waals surface area contributed by atoms with Gasteiger partial charge >= 0.3 is 0 Å². The predicted molar refractivity (Wildman–Crippen MR) is 107 cm³/mol. The van der Waals surface area contributed by atoms with E-state index in [2.05, 4.69) is 5.32 Å².